The molecule has 0 aliphatic heterocycles. The zero-order valence-corrected chi connectivity index (χ0v) is 11.1. The van der Waals surface area contributed by atoms with Gasteiger partial charge in [-0.25, -0.2) is 18.1 Å². The number of nitrogens with one attached hydrogen (secondary N) is 1. The first-order chi connectivity index (χ1) is 9.12. The molecule has 0 fully saturated rings. The van der Waals surface area contributed by atoms with E-state index in [4.69, 9.17) is 10.2 Å². The highest BCUT2D eigenvalue weighted by molar-refractivity contribution is 7.89. The SMILES string of the molecule is NCc1ccc(S(=O)(=O)NCCc2ccco2)nc1. The first kappa shape index (κ1) is 13.7. The highest BCUT2D eigenvalue weighted by Crippen LogP contribution is 2.07. The monoisotopic (exact) mass is 281 g/mol. The third kappa shape index (κ3) is 3.63. The Hall–Kier alpha value is -1.70. The summed E-state index contributed by atoms with van der Waals surface area (Å²) in [6.07, 6.45) is 3.51. The molecule has 102 valence electrons. The topological polar surface area (TPSA) is 98.2 Å². The number of nitrogens with two attached hydrogens (primary N) is 1. The number of pyridine rings is 1. The number of furan rings is 1. The van der Waals surface area contributed by atoms with E-state index in [1.54, 1.807) is 24.5 Å². The van der Waals surface area contributed by atoms with E-state index in [0.29, 0.717) is 13.0 Å². The first-order valence-corrected chi connectivity index (χ1v) is 7.27. The smallest absolute Gasteiger partial charge is 0.258 e. The van der Waals surface area contributed by atoms with Crippen molar-refractivity contribution in [3.8, 4) is 0 Å². The lowest BCUT2D eigenvalue weighted by Crippen LogP contribution is -2.26. The van der Waals surface area contributed by atoms with Crippen LogP contribution in [0.2, 0.25) is 0 Å². The van der Waals surface area contributed by atoms with Crippen molar-refractivity contribution in [1.29, 1.82) is 0 Å². The van der Waals surface area contributed by atoms with Crippen LogP contribution in [0.5, 0.6) is 0 Å². The van der Waals surface area contributed by atoms with Gasteiger partial charge in [0, 0.05) is 25.7 Å². The summed E-state index contributed by atoms with van der Waals surface area (Å²) < 4.78 is 31.4. The maximum absolute atomic E-state index is 11.9. The minimum Gasteiger partial charge on any atom is -0.469 e. The Morgan fingerprint density at radius 1 is 1.32 bits per heavy atom. The summed E-state index contributed by atoms with van der Waals surface area (Å²) in [5.74, 6) is 0.731. The third-order valence-corrected chi connectivity index (χ3v) is 3.93. The average Bonchev–Trinajstić information content (AvgIpc) is 2.92. The second kappa shape index (κ2) is 5.96. The molecule has 2 heterocycles. The lowest BCUT2D eigenvalue weighted by atomic mass is 10.3. The van der Waals surface area contributed by atoms with Crippen LogP contribution >= 0.6 is 0 Å². The van der Waals surface area contributed by atoms with Crippen molar-refractivity contribution < 1.29 is 12.8 Å². The number of nitrogens with zero attached hydrogens (tertiary/aromatic N) is 1. The van der Waals surface area contributed by atoms with Gasteiger partial charge >= 0.3 is 0 Å². The van der Waals surface area contributed by atoms with Crippen molar-refractivity contribution in [2.45, 2.75) is 18.0 Å². The predicted molar refractivity (Wildman–Crippen MR) is 69.7 cm³/mol. The molecule has 0 saturated heterocycles. The number of rotatable bonds is 6. The highest BCUT2D eigenvalue weighted by Gasteiger charge is 2.14. The molecular weight excluding hydrogens is 266 g/mol. The van der Waals surface area contributed by atoms with Gasteiger partial charge in [0.05, 0.1) is 6.26 Å². The molecule has 6 nitrogen and oxygen atoms in total. The Bertz CT molecular complexity index is 606. The lowest BCUT2D eigenvalue weighted by molar-refractivity contribution is 0.505. The van der Waals surface area contributed by atoms with Crippen molar-refractivity contribution in [2.24, 2.45) is 5.73 Å². The minimum atomic E-state index is -3.58. The van der Waals surface area contributed by atoms with Gasteiger partial charge in [-0.2, -0.15) is 0 Å². The second-order valence-corrected chi connectivity index (χ2v) is 5.65. The van der Waals surface area contributed by atoms with E-state index in [-0.39, 0.29) is 11.6 Å². The predicted octanol–water partition coefficient (Wildman–Crippen LogP) is 0.654. The van der Waals surface area contributed by atoms with Crippen LogP contribution in [0.3, 0.4) is 0 Å². The molecule has 0 aliphatic carbocycles. The number of hydrogen-bond acceptors (Lipinski definition) is 5. The van der Waals surface area contributed by atoms with E-state index in [9.17, 15) is 8.42 Å². The van der Waals surface area contributed by atoms with Crippen molar-refractivity contribution in [1.82, 2.24) is 9.71 Å². The molecule has 0 radical (unpaired) electrons. The summed E-state index contributed by atoms with van der Waals surface area (Å²) >= 11 is 0. The van der Waals surface area contributed by atoms with E-state index in [2.05, 4.69) is 9.71 Å². The third-order valence-electron chi connectivity index (χ3n) is 2.55. The van der Waals surface area contributed by atoms with Gasteiger partial charge in [0.15, 0.2) is 5.03 Å². The van der Waals surface area contributed by atoms with Gasteiger partial charge in [-0.05, 0) is 23.8 Å². The molecule has 7 heteroatoms. The Balaban J connectivity index is 1.97. The highest BCUT2D eigenvalue weighted by atomic mass is 32.2. The van der Waals surface area contributed by atoms with Gasteiger partial charge in [0.2, 0.25) is 0 Å². The fraction of sp³-hybridized carbons (Fsp3) is 0.250. The van der Waals surface area contributed by atoms with Crippen LogP contribution in [-0.2, 0) is 23.0 Å². The van der Waals surface area contributed by atoms with Crippen molar-refractivity contribution in [2.75, 3.05) is 6.54 Å². The van der Waals surface area contributed by atoms with Crippen molar-refractivity contribution in [3.05, 3.63) is 48.0 Å². The summed E-state index contributed by atoms with van der Waals surface area (Å²) in [6, 6.07) is 6.64. The van der Waals surface area contributed by atoms with Gasteiger partial charge in [0.1, 0.15) is 5.76 Å². The molecule has 2 aromatic heterocycles. The van der Waals surface area contributed by atoms with Gasteiger partial charge in [-0.1, -0.05) is 6.07 Å². The summed E-state index contributed by atoms with van der Waals surface area (Å²) in [5.41, 5.74) is 6.21. The van der Waals surface area contributed by atoms with Gasteiger partial charge in [-0.3, -0.25) is 0 Å². The maximum atomic E-state index is 11.9. The molecule has 0 amide bonds. The Morgan fingerprint density at radius 2 is 2.16 bits per heavy atom. The molecule has 2 rings (SSSR count). The van der Waals surface area contributed by atoms with Crippen LogP contribution in [0, 0.1) is 0 Å². The first-order valence-electron chi connectivity index (χ1n) is 5.79. The molecule has 0 bridgehead atoms. The summed E-state index contributed by atoms with van der Waals surface area (Å²) in [5, 5.41) is -0.0101. The second-order valence-electron chi connectivity index (χ2n) is 3.94. The van der Waals surface area contributed by atoms with Crippen LogP contribution < -0.4 is 10.5 Å². The summed E-state index contributed by atoms with van der Waals surface area (Å²) in [7, 11) is -3.58. The molecular formula is C12H15N3O3S. The molecule has 3 N–H and O–H groups in total. The zero-order valence-electron chi connectivity index (χ0n) is 10.2. The van der Waals surface area contributed by atoms with Crippen molar-refractivity contribution in [3.63, 3.8) is 0 Å². The van der Waals surface area contributed by atoms with E-state index in [0.717, 1.165) is 11.3 Å². The Morgan fingerprint density at radius 3 is 2.74 bits per heavy atom. The fourth-order valence-electron chi connectivity index (χ4n) is 1.53. The maximum Gasteiger partial charge on any atom is 0.258 e. The van der Waals surface area contributed by atoms with Crippen LogP contribution in [0.15, 0.2) is 46.2 Å². The summed E-state index contributed by atoms with van der Waals surface area (Å²) in [4.78, 5) is 3.88. The van der Waals surface area contributed by atoms with Crippen LogP contribution in [-0.4, -0.2) is 19.9 Å². The minimum absolute atomic E-state index is 0.0101. The van der Waals surface area contributed by atoms with Gasteiger partial charge in [-0.15, -0.1) is 0 Å². The lowest BCUT2D eigenvalue weighted by Gasteiger charge is -2.05. The molecule has 19 heavy (non-hydrogen) atoms. The molecule has 0 aliphatic rings. The van der Waals surface area contributed by atoms with E-state index in [1.165, 1.54) is 12.3 Å². The van der Waals surface area contributed by atoms with E-state index < -0.39 is 10.0 Å². The molecule has 0 aromatic carbocycles. The number of sulfonamides is 1. The molecule has 0 unspecified atom stereocenters. The van der Waals surface area contributed by atoms with E-state index in [1.807, 2.05) is 0 Å². The number of hydrogen-bond donors (Lipinski definition) is 2. The molecule has 0 atom stereocenters. The van der Waals surface area contributed by atoms with Crippen LogP contribution in [0.25, 0.3) is 0 Å². The average molecular weight is 281 g/mol. The van der Waals surface area contributed by atoms with Crippen LogP contribution in [0.4, 0.5) is 0 Å². The standard InChI is InChI=1S/C12H15N3O3S/c13-8-10-3-4-12(14-9-10)19(16,17)15-6-5-11-2-1-7-18-11/h1-4,7,9,15H,5-6,8,13H2. The zero-order chi connectivity index (χ0) is 13.7. The van der Waals surface area contributed by atoms with Gasteiger partial charge < -0.3 is 10.2 Å². The van der Waals surface area contributed by atoms with Crippen LogP contribution in [0.1, 0.15) is 11.3 Å². The Kier molecular flexibility index (Phi) is 4.31. The molecule has 0 saturated carbocycles. The molecule has 0 spiro atoms. The normalized spacial score (nSPS) is 11.6. The van der Waals surface area contributed by atoms with E-state index >= 15 is 0 Å². The Labute approximate surface area is 111 Å². The summed E-state index contributed by atoms with van der Waals surface area (Å²) in [6.45, 7) is 0.593. The largest absolute Gasteiger partial charge is 0.469 e. The van der Waals surface area contributed by atoms with Gasteiger partial charge in [0.25, 0.3) is 10.0 Å². The number of aromatic nitrogens is 1. The van der Waals surface area contributed by atoms with Crippen molar-refractivity contribution >= 4 is 10.0 Å². The molecule has 2 aromatic rings. The fourth-order valence-corrected chi connectivity index (χ4v) is 2.49. The quantitative estimate of drug-likeness (QED) is 0.810.